The first-order valence-corrected chi connectivity index (χ1v) is 6.97. The average Bonchev–Trinajstić information content (AvgIpc) is 2.93. The summed E-state index contributed by atoms with van der Waals surface area (Å²) >= 11 is 0. The van der Waals surface area contributed by atoms with E-state index in [1.54, 1.807) is 18.2 Å². The quantitative estimate of drug-likeness (QED) is 0.714. The van der Waals surface area contributed by atoms with Crippen molar-refractivity contribution in [2.45, 2.75) is 19.3 Å². The van der Waals surface area contributed by atoms with E-state index in [2.05, 4.69) is 5.32 Å². The molecule has 0 radical (unpaired) electrons. The molecule has 0 aromatic heterocycles. The van der Waals surface area contributed by atoms with Crippen molar-refractivity contribution in [1.29, 1.82) is 0 Å². The molecule has 1 aromatic carbocycles. The predicted molar refractivity (Wildman–Crippen MR) is 78.2 cm³/mol. The third kappa shape index (κ3) is 3.45. The van der Waals surface area contributed by atoms with Crippen molar-refractivity contribution in [2.24, 2.45) is 11.8 Å². The molecule has 1 aromatic rings. The first-order chi connectivity index (χ1) is 10.0. The summed E-state index contributed by atoms with van der Waals surface area (Å²) in [4.78, 5) is 23.2. The number of nitrogens with one attached hydrogen (secondary N) is 1. The number of rotatable bonds is 5. The number of hydrogen-bond acceptors (Lipinski definition) is 4. The molecular weight excluding hydrogens is 272 g/mol. The molecule has 1 amide bonds. The van der Waals surface area contributed by atoms with Gasteiger partial charge in [0.25, 0.3) is 5.91 Å². The minimum Gasteiger partial charge on any atom is -0.497 e. The number of benzene rings is 1. The molecule has 0 aliphatic heterocycles. The molecular formula is C15H20N2O4. The molecule has 6 heteroatoms. The molecule has 0 heterocycles. The van der Waals surface area contributed by atoms with Crippen molar-refractivity contribution in [3.05, 3.63) is 23.8 Å². The van der Waals surface area contributed by atoms with Gasteiger partial charge in [0.1, 0.15) is 5.75 Å². The zero-order valence-corrected chi connectivity index (χ0v) is 12.0. The first-order valence-electron chi connectivity index (χ1n) is 6.97. The van der Waals surface area contributed by atoms with Gasteiger partial charge in [-0.2, -0.15) is 0 Å². The summed E-state index contributed by atoms with van der Waals surface area (Å²) in [6, 6.07) is 4.86. The molecule has 0 spiro atoms. The topological polar surface area (TPSA) is 102 Å². The molecule has 1 aliphatic carbocycles. The maximum atomic E-state index is 12.1. The lowest BCUT2D eigenvalue weighted by Gasteiger charge is -2.16. The minimum absolute atomic E-state index is 0.00840. The Kier molecular flexibility index (Phi) is 4.67. The monoisotopic (exact) mass is 292 g/mol. The number of ether oxygens (including phenoxy) is 1. The Morgan fingerprint density at radius 1 is 1.43 bits per heavy atom. The number of carboxylic acids is 1. The van der Waals surface area contributed by atoms with Crippen molar-refractivity contribution in [3.8, 4) is 5.75 Å². The molecule has 2 rings (SSSR count). The van der Waals surface area contributed by atoms with E-state index in [9.17, 15) is 9.59 Å². The smallest absolute Gasteiger partial charge is 0.306 e. The van der Waals surface area contributed by atoms with Gasteiger partial charge in [-0.1, -0.05) is 6.42 Å². The Labute approximate surface area is 123 Å². The van der Waals surface area contributed by atoms with Crippen LogP contribution in [0.3, 0.4) is 0 Å². The fourth-order valence-electron chi connectivity index (χ4n) is 2.80. The van der Waals surface area contributed by atoms with Crippen LogP contribution in [0.25, 0.3) is 0 Å². The lowest BCUT2D eigenvalue weighted by atomic mass is 9.96. The summed E-state index contributed by atoms with van der Waals surface area (Å²) in [6.07, 6.45) is 2.40. The average molecular weight is 292 g/mol. The fourth-order valence-corrected chi connectivity index (χ4v) is 2.80. The molecule has 0 bridgehead atoms. The van der Waals surface area contributed by atoms with E-state index in [-0.39, 0.29) is 17.7 Å². The number of amides is 1. The number of hydrogen-bond donors (Lipinski definition) is 3. The number of carbonyl (C=O) groups excluding carboxylic acids is 1. The van der Waals surface area contributed by atoms with Crippen molar-refractivity contribution < 1.29 is 19.4 Å². The van der Waals surface area contributed by atoms with E-state index >= 15 is 0 Å². The number of carbonyl (C=O) groups is 2. The van der Waals surface area contributed by atoms with Crippen LogP contribution >= 0.6 is 0 Å². The van der Waals surface area contributed by atoms with Gasteiger partial charge in [0.2, 0.25) is 0 Å². The van der Waals surface area contributed by atoms with Crippen LogP contribution in [0, 0.1) is 11.8 Å². The summed E-state index contributed by atoms with van der Waals surface area (Å²) in [5.74, 6) is -0.850. The molecule has 2 atom stereocenters. The van der Waals surface area contributed by atoms with E-state index in [1.165, 1.54) is 7.11 Å². The predicted octanol–water partition coefficient (Wildman–Crippen LogP) is 1.51. The number of nitrogen functional groups attached to an aromatic ring is 1. The van der Waals surface area contributed by atoms with Gasteiger partial charge in [0.05, 0.1) is 18.6 Å². The Bertz CT molecular complexity index is 544. The molecule has 2 unspecified atom stereocenters. The molecule has 1 fully saturated rings. The second kappa shape index (κ2) is 6.47. The van der Waals surface area contributed by atoms with Crippen LogP contribution in [0.4, 0.5) is 5.69 Å². The van der Waals surface area contributed by atoms with Gasteiger partial charge in [-0.3, -0.25) is 9.59 Å². The van der Waals surface area contributed by atoms with Gasteiger partial charge in [0, 0.05) is 18.3 Å². The zero-order valence-electron chi connectivity index (χ0n) is 12.0. The first kappa shape index (κ1) is 15.2. The Balaban J connectivity index is 1.97. The lowest BCUT2D eigenvalue weighted by Crippen LogP contribution is -2.33. The van der Waals surface area contributed by atoms with Crippen LogP contribution in [-0.4, -0.2) is 30.6 Å². The van der Waals surface area contributed by atoms with E-state index in [0.717, 1.165) is 12.8 Å². The van der Waals surface area contributed by atoms with Gasteiger partial charge < -0.3 is 20.9 Å². The van der Waals surface area contributed by atoms with Gasteiger partial charge in [-0.15, -0.1) is 0 Å². The van der Waals surface area contributed by atoms with Crippen LogP contribution in [0.5, 0.6) is 5.75 Å². The second-order valence-corrected chi connectivity index (χ2v) is 5.30. The third-order valence-corrected chi connectivity index (χ3v) is 4.00. The van der Waals surface area contributed by atoms with Gasteiger partial charge >= 0.3 is 5.97 Å². The van der Waals surface area contributed by atoms with Gasteiger partial charge in [-0.25, -0.2) is 0 Å². The summed E-state index contributed by atoms with van der Waals surface area (Å²) < 4.78 is 5.03. The van der Waals surface area contributed by atoms with Crippen LogP contribution in [-0.2, 0) is 4.79 Å². The molecule has 0 saturated heterocycles. The van der Waals surface area contributed by atoms with Crippen LogP contribution in [0.2, 0.25) is 0 Å². The summed E-state index contributed by atoms with van der Waals surface area (Å²) in [6.45, 7) is 0.362. The molecule has 21 heavy (non-hydrogen) atoms. The lowest BCUT2D eigenvalue weighted by molar-refractivity contribution is -0.142. The maximum absolute atomic E-state index is 12.1. The number of nitrogens with two attached hydrogens (primary N) is 1. The molecule has 114 valence electrons. The van der Waals surface area contributed by atoms with Crippen molar-refractivity contribution in [3.63, 3.8) is 0 Å². The number of anilines is 1. The summed E-state index contributed by atoms with van der Waals surface area (Å²) in [5.41, 5.74) is 6.54. The Morgan fingerprint density at radius 2 is 2.19 bits per heavy atom. The molecule has 6 nitrogen and oxygen atoms in total. The molecule has 4 N–H and O–H groups in total. The van der Waals surface area contributed by atoms with Crippen molar-refractivity contribution >= 4 is 17.6 Å². The normalized spacial score (nSPS) is 21.0. The summed E-state index contributed by atoms with van der Waals surface area (Å²) in [7, 11) is 1.53. The zero-order chi connectivity index (χ0) is 15.4. The maximum Gasteiger partial charge on any atom is 0.306 e. The van der Waals surface area contributed by atoms with Crippen molar-refractivity contribution in [1.82, 2.24) is 5.32 Å². The number of methoxy groups -OCH3 is 1. The Hall–Kier alpha value is -2.24. The Morgan fingerprint density at radius 3 is 2.81 bits per heavy atom. The largest absolute Gasteiger partial charge is 0.497 e. The highest BCUT2D eigenvalue weighted by molar-refractivity contribution is 5.99. The number of aliphatic carboxylic acids is 1. The standard InChI is InChI=1S/C15H20N2O4/c1-21-10-5-6-12(13(16)7-10)14(18)17-8-9-3-2-4-11(9)15(19)20/h5-7,9,11H,2-4,8,16H2,1H3,(H,17,18)(H,19,20). The van der Waals surface area contributed by atoms with E-state index in [4.69, 9.17) is 15.6 Å². The van der Waals surface area contributed by atoms with Crippen molar-refractivity contribution in [2.75, 3.05) is 19.4 Å². The fraction of sp³-hybridized carbons (Fsp3) is 0.467. The second-order valence-electron chi connectivity index (χ2n) is 5.30. The van der Waals surface area contributed by atoms with E-state index in [1.807, 2.05) is 0 Å². The van der Waals surface area contributed by atoms with Gasteiger partial charge in [0.15, 0.2) is 0 Å². The van der Waals surface area contributed by atoms with Crippen LogP contribution in [0.15, 0.2) is 18.2 Å². The van der Waals surface area contributed by atoms with Crippen LogP contribution in [0.1, 0.15) is 29.6 Å². The highest BCUT2D eigenvalue weighted by atomic mass is 16.5. The van der Waals surface area contributed by atoms with Crippen LogP contribution < -0.4 is 15.8 Å². The third-order valence-electron chi connectivity index (χ3n) is 4.00. The van der Waals surface area contributed by atoms with E-state index in [0.29, 0.717) is 30.0 Å². The van der Waals surface area contributed by atoms with Gasteiger partial charge in [-0.05, 0) is 30.9 Å². The molecule has 1 saturated carbocycles. The molecule has 1 aliphatic rings. The number of carboxylic acid groups (broad SMARTS) is 1. The van der Waals surface area contributed by atoms with E-state index < -0.39 is 5.97 Å². The minimum atomic E-state index is -0.782. The highest BCUT2D eigenvalue weighted by Crippen LogP contribution is 2.31. The summed E-state index contributed by atoms with van der Waals surface area (Å²) in [5, 5.41) is 11.9. The highest BCUT2D eigenvalue weighted by Gasteiger charge is 2.32. The SMILES string of the molecule is COc1ccc(C(=O)NCC2CCCC2C(=O)O)c(N)c1.